The molecule has 2 rings (SSSR count). The molecule has 0 saturated heterocycles. The third-order valence-corrected chi connectivity index (χ3v) is 4.67. The molecule has 1 aromatic heterocycles. The van der Waals surface area contributed by atoms with Crippen molar-refractivity contribution in [2.45, 2.75) is 51.6 Å². The molecule has 1 saturated carbocycles. The van der Waals surface area contributed by atoms with Crippen LogP contribution in [0.4, 0.5) is 0 Å². The minimum Gasteiger partial charge on any atom is -0.391 e. The number of amides is 1. The van der Waals surface area contributed by atoms with E-state index in [1.807, 2.05) is 0 Å². The Hall–Kier alpha value is -0.940. The highest BCUT2D eigenvalue weighted by Gasteiger charge is 2.30. The standard InChI is InChI=1S/C14H22N2O2S/c1-3-9(4-2)11(17)7-15-14(18)13-12(10-5-6-10)16-8-19-13/h8-11,17H,3-7H2,1-2H3,(H,15,18). The Morgan fingerprint density at radius 3 is 2.79 bits per heavy atom. The second kappa shape index (κ2) is 6.48. The maximum atomic E-state index is 12.1. The van der Waals surface area contributed by atoms with Gasteiger partial charge in [-0.3, -0.25) is 4.79 Å². The van der Waals surface area contributed by atoms with Crippen molar-refractivity contribution >= 4 is 17.2 Å². The number of thiazole rings is 1. The van der Waals surface area contributed by atoms with Crippen molar-refractivity contribution in [3.8, 4) is 0 Å². The summed E-state index contributed by atoms with van der Waals surface area (Å²) < 4.78 is 0. The number of aromatic nitrogens is 1. The molecule has 1 atom stereocenters. The third-order valence-electron chi connectivity index (χ3n) is 3.83. The molecule has 2 N–H and O–H groups in total. The fraction of sp³-hybridized carbons (Fsp3) is 0.714. The lowest BCUT2D eigenvalue weighted by Crippen LogP contribution is -2.36. The summed E-state index contributed by atoms with van der Waals surface area (Å²) in [5, 5.41) is 12.9. The van der Waals surface area contributed by atoms with Crippen LogP contribution < -0.4 is 5.32 Å². The van der Waals surface area contributed by atoms with Crippen molar-refractivity contribution in [1.29, 1.82) is 0 Å². The predicted octanol–water partition coefficient (Wildman–Crippen LogP) is 2.55. The number of carbonyl (C=O) groups excluding carboxylic acids is 1. The monoisotopic (exact) mass is 282 g/mol. The second-order valence-electron chi connectivity index (χ2n) is 5.19. The highest BCUT2D eigenvalue weighted by Crippen LogP contribution is 2.41. The summed E-state index contributed by atoms with van der Waals surface area (Å²) in [5.74, 6) is 0.648. The SMILES string of the molecule is CCC(CC)C(O)CNC(=O)c1scnc1C1CC1. The summed E-state index contributed by atoms with van der Waals surface area (Å²) in [6.07, 6.45) is 3.68. The zero-order valence-corrected chi connectivity index (χ0v) is 12.4. The summed E-state index contributed by atoms with van der Waals surface area (Å²) in [7, 11) is 0. The number of hydrogen-bond acceptors (Lipinski definition) is 4. The second-order valence-corrected chi connectivity index (χ2v) is 6.05. The van der Waals surface area contributed by atoms with Gasteiger partial charge in [0.15, 0.2) is 0 Å². The molecule has 1 aliphatic rings. The van der Waals surface area contributed by atoms with E-state index in [1.54, 1.807) is 5.51 Å². The van der Waals surface area contributed by atoms with Crippen LogP contribution in [0.5, 0.6) is 0 Å². The first-order valence-electron chi connectivity index (χ1n) is 7.06. The van der Waals surface area contributed by atoms with E-state index < -0.39 is 6.10 Å². The van der Waals surface area contributed by atoms with Gasteiger partial charge in [-0.1, -0.05) is 26.7 Å². The van der Waals surface area contributed by atoms with Crippen LogP contribution in [0, 0.1) is 5.92 Å². The van der Waals surface area contributed by atoms with E-state index in [9.17, 15) is 9.90 Å². The normalized spacial score (nSPS) is 16.6. The smallest absolute Gasteiger partial charge is 0.263 e. The van der Waals surface area contributed by atoms with Gasteiger partial charge in [-0.25, -0.2) is 4.98 Å². The fourth-order valence-electron chi connectivity index (χ4n) is 2.35. The van der Waals surface area contributed by atoms with Gasteiger partial charge in [0.2, 0.25) is 0 Å². The van der Waals surface area contributed by atoms with Gasteiger partial charge < -0.3 is 10.4 Å². The summed E-state index contributed by atoms with van der Waals surface area (Å²) in [6, 6.07) is 0. The maximum Gasteiger partial charge on any atom is 0.263 e. The molecule has 1 heterocycles. The van der Waals surface area contributed by atoms with Gasteiger partial charge in [-0.2, -0.15) is 0 Å². The van der Waals surface area contributed by atoms with Crippen LogP contribution in [-0.4, -0.2) is 28.6 Å². The molecule has 0 spiro atoms. The average Bonchev–Trinajstić information content (AvgIpc) is 3.14. The zero-order chi connectivity index (χ0) is 13.8. The third kappa shape index (κ3) is 3.54. The van der Waals surface area contributed by atoms with E-state index in [2.05, 4.69) is 24.1 Å². The number of aliphatic hydroxyl groups is 1. The summed E-state index contributed by atoms with van der Waals surface area (Å²) in [6.45, 7) is 4.45. The van der Waals surface area contributed by atoms with Crippen molar-refractivity contribution in [3.05, 3.63) is 16.1 Å². The first kappa shape index (κ1) is 14.5. The van der Waals surface area contributed by atoms with E-state index in [4.69, 9.17) is 0 Å². The van der Waals surface area contributed by atoms with Crippen molar-refractivity contribution < 1.29 is 9.90 Å². The molecule has 1 aromatic rings. The molecular formula is C14H22N2O2S. The predicted molar refractivity (Wildman–Crippen MR) is 76.5 cm³/mol. The average molecular weight is 282 g/mol. The van der Waals surface area contributed by atoms with Crippen molar-refractivity contribution in [1.82, 2.24) is 10.3 Å². The topological polar surface area (TPSA) is 62.2 Å². The van der Waals surface area contributed by atoms with Gasteiger partial charge >= 0.3 is 0 Å². The highest BCUT2D eigenvalue weighted by molar-refractivity contribution is 7.11. The molecule has 5 heteroatoms. The Bertz CT molecular complexity index is 425. The number of rotatable bonds is 7. The minimum atomic E-state index is -0.462. The largest absolute Gasteiger partial charge is 0.391 e. The fourth-order valence-corrected chi connectivity index (χ4v) is 3.14. The summed E-state index contributed by atoms with van der Waals surface area (Å²) >= 11 is 1.39. The van der Waals surface area contributed by atoms with E-state index in [0.717, 1.165) is 36.3 Å². The molecule has 1 fully saturated rings. The van der Waals surface area contributed by atoms with E-state index >= 15 is 0 Å². The molecule has 4 nitrogen and oxygen atoms in total. The van der Waals surface area contributed by atoms with Gasteiger partial charge in [0.05, 0.1) is 17.3 Å². The zero-order valence-electron chi connectivity index (χ0n) is 11.6. The molecule has 0 aromatic carbocycles. The quantitative estimate of drug-likeness (QED) is 0.808. The molecule has 0 bridgehead atoms. The van der Waals surface area contributed by atoms with Gasteiger partial charge in [0, 0.05) is 12.5 Å². The Kier molecular flexibility index (Phi) is 4.93. The Balaban J connectivity index is 1.88. The van der Waals surface area contributed by atoms with Crippen LogP contribution in [0.3, 0.4) is 0 Å². The molecule has 0 radical (unpaired) electrons. The lowest BCUT2D eigenvalue weighted by Gasteiger charge is -2.20. The first-order valence-corrected chi connectivity index (χ1v) is 7.94. The van der Waals surface area contributed by atoms with Gasteiger partial charge in [-0.15, -0.1) is 11.3 Å². The first-order chi connectivity index (χ1) is 9.17. The molecule has 1 amide bonds. The number of nitrogens with one attached hydrogen (secondary N) is 1. The van der Waals surface area contributed by atoms with E-state index in [-0.39, 0.29) is 11.8 Å². The minimum absolute atomic E-state index is 0.0885. The van der Waals surface area contributed by atoms with Gasteiger partial charge in [0.25, 0.3) is 5.91 Å². The summed E-state index contributed by atoms with van der Waals surface area (Å²) in [4.78, 5) is 17.1. The van der Waals surface area contributed by atoms with Gasteiger partial charge in [-0.05, 0) is 18.8 Å². The Labute approximate surface area is 118 Å². The van der Waals surface area contributed by atoms with Crippen LogP contribution in [0.15, 0.2) is 5.51 Å². The number of aliphatic hydroxyl groups excluding tert-OH is 1. The number of nitrogens with zero attached hydrogens (tertiary/aromatic N) is 1. The van der Waals surface area contributed by atoms with Crippen molar-refractivity contribution in [3.63, 3.8) is 0 Å². The van der Waals surface area contributed by atoms with Gasteiger partial charge in [0.1, 0.15) is 4.88 Å². The lowest BCUT2D eigenvalue weighted by atomic mass is 9.96. The van der Waals surface area contributed by atoms with Crippen LogP contribution in [0.2, 0.25) is 0 Å². The molecule has 19 heavy (non-hydrogen) atoms. The van der Waals surface area contributed by atoms with Crippen LogP contribution in [0.25, 0.3) is 0 Å². The Morgan fingerprint density at radius 2 is 2.21 bits per heavy atom. The van der Waals surface area contributed by atoms with Crippen molar-refractivity contribution in [2.24, 2.45) is 5.92 Å². The molecule has 0 aliphatic heterocycles. The van der Waals surface area contributed by atoms with Crippen LogP contribution in [0.1, 0.15) is 60.8 Å². The lowest BCUT2D eigenvalue weighted by molar-refractivity contribution is 0.0819. The molecule has 1 aliphatic carbocycles. The molecule has 1 unspecified atom stereocenters. The maximum absolute atomic E-state index is 12.1. The van der Waals surface area contributed by atoms with Crippen LogP contribution >= 0.6 is 11.3 Å². The van der Waals surface area contributed by atoms with Crippen molar-refractivity contribution in [2.75, 3.05) is 6.54 Å². The van der Waals surface area contributed by atoms with E-state index in [1.165, 1.54) is 11.3 Å². The summed E-state index contributed by atoms with van der Waals surface area (Å²) in [5.41, 5.74) is 2.68. The number of carbonyl (C=O) groups is 1. The molecule has 106 valence electrons. The van der Waals surface area contributed by atoms with Crippen LogP contribution in [-0.2, 0) is 0 Å². The number of hydrogen-bond donors (Lipinski definition) is 2. The molecular weight excluding hydrogens is 260 g/mol. The highest BCUT2D eigenvalue weighted by atomic mass is 32.1. The van der Waals surface area contributed by atoms with E-state index in [0.29, 0.717) is 12.5 Å². The Morgan fingerprint density at radius 1 is 1.53 bits per heavy atom.